The number of halogens is 1. The van der Waals surface area contributed by atoms with Crippen molar-refractivity contribution in [2.24, 2.45) is 0 Å². The van der Waals surface area contributed by atoms with Crippen molar-refractivity contribution in [1.82, 2.24) is 16.2 Å². The van der Waals surface area contributed by atoms with Crippen LogP contribution in [0.2, 0.25) is 5.02 Å². The number of hydrogen-bond donors (Lipinski definition) is 3. The molecule has 0 saturated heterocycles. The monoisotopic (exact) mass is 345 g/mol. The SMILES string of the molecule is O=C(CNC(=O)c1ccccc1)NNC(=O)Cc1ccc(Cl)cc1. The summed E-state index contributed by atoms with van der Waals surface area (Å²) in [4.78, 5) is 35.1. The highest BCUT2D eigenvalue weighted by molar-refractivity contribution is 6.30. The highest BCUT2D eigenvalue weighted by atomic mass is 35.5. The molecule has 2 aromatic carbocycles. The summed E-state index contributed by atoms with van der Waals surface area (Å²) in [7, 11) is 0. The quantitative estimate of drug-likeness (QED) is 0.717. The minimum Gasteiger partial charge on any atom is -0.343 e. The van der Waals surface area contributed by atoms with Crippen LogP contribution >= 0.6 is 11.6 Å². The molecule has 0 aliphatic rings. The first-order valence-corrected chi connectivity index (χ1v) is 7.58. The van der Waals surface area contributed by atoms with Crippen molar-refractivity contribution in [2.45, 2.75) is 6.42 Å². The van der Waals surface area contributed by atoms with Crippen LogP contribution in [0.4, 0.5) is 0 Å². The van der Waals surface area contributed by atoms with Gasteiger partial charge in [-0.1, -0.05) is 41.9 Å². The van der Waals surface area contributed by atoms with Crippen LogP contribution in [0, 0.1) is 0 Å². The average Bonchev–Trinajstić information content (AvgIpc) is 2.60. The molecule has 124 valence electrons. The van der Waals surface area contributed by atoms with Gasteiger partial charge in [-0.25, -0.2) is 0 Å². The molecule has 0 aromatic heterocycles. The lowest BCUT2D eigenvalue weighted by molar-refractivity contribution is -0.128. The normalized spacial score (nSPS) is 9.88. The first-order chi connectivity index (χ1) is 11.5. The molecule has 2 aromatic rings. The van der Waals surface area contributed by atoms with Crippen LogP contribution in [0.3, 0.4) is 0 Å². The summed E-state index contributed by atoms with van der Waals surface area (Å²) in [6, 6.07) is 15.3. The van der Waals surface area contributed by atoms with Gasteiger partial charge in [0.25, 0.3) is 11.8 Å². The summed E-state index contributed by atoms with van der Waals surface area (Å²) >= 11 is 5.76. The van der Waals surface area contributed by atoms with Gasteiger partial charge in [0.05, 0.1) is 13.0 Å². The predicted molar refractivity (Wildman–Crippen MR) is 90.2 cm³/mol. The Bertz CT molecular complexity index is 718. The molecule has 2 rings (SSSR count). The molecule has 3 amide bonds. The van der Waals surface area contributed by atoms with E-state index in [9.17, 15) is 14.4 Å². The lowest BCUT2D eigenvalue weighted by atomic mass is 10.1. The number of nitrogens with one attached hydrogen (secondary N) is 3. The standard InChI is InChI=1S/C17H16ClN3O3/c18-14-8-6-12(7-9-14)10-15(22)20-21-16(23)11-19-17(24)13-4-2-1-3-5-13/h1-9H,10-11H2,(H,19,24)(H,20,22)(H,21,23). The maximum Gasteiger partial charge on any atom is 0.257 e. The fourth-order valence-corrected chi connectivity index (χ4v) is 1.99. The van der Waals surface area contributed by atoms with Gasteiger partial charge in [0.1, 0.15) is 0 Å². The minimum absolute atomic E-state index is 0.105. The number of amides is 3. The van der Waals surface area contributed by atoms with Crippen LogP contribution < -0.4 is 16.2 Å². The maximum absolute atomic E-state index is 11.8. The van der Waals surface area contributed by atoms with Gasteiger partial charge >= 0.3 is 0 Å². The summed E-state index contributed by atoms with van der Waals surface area (Å²) in [5.41, 5.74) is 5.75. The Morgan fingerprint density at radius 3 is 2.12 bits per heavy atom. The van der Waals surface area contributed by atoms with Gasteiger partial charge in [0.2, 0.25) is 5.91 Å². The summed E-state index contributed by atoms with van der Waals surface area (Å²) in [6.07, 6.45) is 0.105. The van der Waals surface area contributed by atoms with E-state index < -0.39 is 5.91 Å². The summed E-state index contributed by atoms with van der Waals surface area (Å²) in [5, 5.41) is 3.05. The molecule has 0 radical (unpaired) electrons. The highest BCUT2D eigenvalue weighted by Gasteiger charge is 2.09. The zero-order valence-corrected chi connectivity index (χ0v) is 13.5. The van der Waals surface area contributed by atoms with E-state index in [1.54, 1.807) is 54.6 Å². The van der Waals surface area contributed by atoms with Gasteiger partial charge in [-0.05, 0) is 29.8 Å². The number of rotatable bonds is 5. The highest BCUT2D eigenvalue weighted by Crippen LogP contribution is 2.09. The Hall–Kier alpha value is -2.86. The second-order valence-corrected chi connectivity index (χ2v) is 5.38. The number of hydrogen-bond acceptors (Lipinski definition) is 3. The fourth-order valence-electron chi connectivity index (χ4n) is 1.87. The van der Waals surface area contributed by atoms with E-state index >= 15 is 0 Å². The van der Waals surface area contributed by atoms with E-state index in [1.807, 2.05) is 0 Å². The fraction of sp³-hybridized carbons (Fsp3) is 0.118. The Labute approximate surface area is 144 Å². The Balaban J connectivity index is 1.70. The number of hydrazine groups is 1. The third-order valence-corrected chi connectivity index (χ3v) is 3.32. The third kappa shape index (κ3) is 5.73. The Kier molecular flexibility index (Phi) is 6.33. The van der Waals surface area contributed by atoms with Crippen molar-refractivity contribution in [1.29, 1.82) is 0 Å². The van der Waals surface area contributed by atoms with Gasteiger partial charge in [0, 0.05) is 10.6 Å². The maximum atomic E-state index is 11.8. The Morgan fingerprint density at radius 1 is 0.833 bits per heavy atom. The molecule has 0 aliphatic carbocycles. The van der Waals surface area contributed by atoms with Crippen LogP contribution in [-0.2, 0) is 16.0 Å². The van der Waals surface area contributed by atoms with Crippen LogP contribution in [0.5, 0.6) is 0 Å². The molecule has 0 bridgehead atoms. The van der Waals surface area contributed by atoms with Gasteiger partial charge in [-0.2, -0.15) is 0 Å². The van der Waals surface area contributed by atoms with Crippen LogP contribution in [0.15, 0.2) is 54.6 Å². The molecule has 0 fully saturated rings. The molecule has 0 unspecified atom stereocenters. The largest absolute Gasteiger partial charge is 0.343 e. The molecule has 0 spiro atoms. The molecular formula is C17H16ClN3O3. The second-order valence-electron chi connectivity index (χ2n) is 4.95. The minimum atomic E-state index is -0.524. The van der Waals surface area contributed by atoms with Crippen molar-refractivity contribution in [3.05, 3.63) is 70.7 Å². The lowest BCUT2D eigenvalue weighted by Gasteiger charge is -2.08. The number of carbonyl (C=O) groups excluding carboxylic acids is 3. The van der Waals surface area contributed by atoms with Crippen LogP contribution in [0.25, 0.3) is 0 Å². The molecule has 7 heteroatoms. The van der Waals surface area contributed by atoms with E-state index in [4.69, 9.17) is 11.6 Å². The van der Waals surface area contributed by atoms with Crippen molar-refractivity contribution in [3.8, 4) is 0 Å². The van der Waals surface area contributed by atoms with Gasteiger partial charge in [-0.3, -0.25) is 25.2 Å². The molecule has 0 heterocycles. The molecular weight excluding hydrogens is 330 g/mol. The smallest absolute Gasteiger partial charge is 0.257 e. The van der Waals surface area contributed by atoms with Crippen molar-refractivity contribution >= 4 is 29.3 Å². The van der Waals surface area contributed by atoms with E-state index in [1.165, 1.54) is 0 Å². The van der Waals surface area contributed by atoms with Gasteiger partial charge in [0.15, 0.2) is 0 Å². The van der Waals surface area contributed by atoms with Gasteiger partial charge < -0.3 is 5.32 Å². The number of benzene rings is 2. The molecule has 0 atom stereocenters. The second kappa shape index (κ2) is 8.69. The van der Waals surface area contributed by atoms with Crippen LogP contribution in [0.1, 0.15) is 15.9 Å². The van der Waals surface area contributed by atoms with Crippen molar-refractivity contribution in [2.75, 3.05) is 6.54 Å². The summed E-state index contributed by atoms with van der Waals surface area (Å²) in [5.74, 6) is -1.26. The molecule has 3 N–H and O–H groups in total. The number of carbonyl (C=O) groups is 3. The van der Waals surface area contributed by atoms with E-state index in [0.717, 1.165) is 5.56 Å². The summed E-state index contributed by atoms with van der Waals surface area (Å²) in [6.45, 7) is -0.241. The summed E-state index contributed by atoms with van der Waals surface area (Å²) < 4.78 is 0. The van der Waals surface area contributed by atoms with E-state index in [-0.39, 0.29) is 24.8 Å². The molecule has 24 heavy (non-hydrogen) atoms. The van der Waals surface area contributed by atoms with Crippen molar-refractivity contribution in [3.63, 3.8) is 0 Å². The van der Waals surface area contributed by atoms with E-state index in [2.05, 4.69) is 16.2 Å². The molecule has 0 aliphatic heterocycles. The van der Waals surface area contributed by atoms with Crippen LogP contribution in [-0.4, -0.2) is 24.3 Å². The predicted octanol–water partition coefficient (Wildman–Crippen LogP) is 1.46. The average molecular weight is 346 g/mol. The molecule has 0 saturated carbocycles. The third-order valence-electron chi connectivity index (χ3n) is 3.06. The lowest BCUT2D eigenvalue weighted by Crippen LogP contribution is -2.46. The molecule has 6 nitrogen and oxygen atoms in total. The zero-order chi connectivity index (χ0) is 17.4. The topological polar surface area (TPSA) is 87.3 Å². The Morgan fingerprint density at radius 2 is 1.46 bits per heavy atom. The van der Waals surface area contributed by atoms with Crippen molar-refractivity contribution < 1.29 is 14.4 Å². The first-order valence-electron chi connectivity index (χ1n) is 7.20. The van der Waals surface area contributed by atoms with E-state index in [0.29, 0.717) is 10.6 Å². The first kappa shape index (κ1) is 17.5. The zero-order valence-electron chi connectivity index (χ0n) is 12.7. The van der Waals surface area contributed by atoms with Gasteiger partial charge in [-0.15, -0.1) is 0 Å².